The van der Waals surface area contributed by atoms with E-state index in [4.69, 9.17) is 20.8 Å². The van der Waals surface area contributed by atoms with Gasteiger partial charge >= 0.3 is 5.97 Å². The van der Waals surface area contributed by atoms with E-state index in [0.717, 1.165) is 11.3 Å². The number of amides is 1. The van der Waals surface area contributed by atoms with Crippen molar-refractivity contribution in [3.63, 3.8) is 0 Å². The standard InChI is InChI=1S/C16H14ClNO5S2/c1-9(19)18-10(8-24-15(18)12-3-2-6-22-12)16(21)23-7-11(20)13-4-5-14(17)25-13/h2-6,10,15H,7-8H2,1H3/t10-,15-/m0/s1. The lowest BCUT2D eigenvalue weighted by Gasteiger charge is -2.25. The van der Waals surface area contributed by atoms with Crippen LogP contribution in [0.15, 0.2) is 34.9 Å². The van der Waals surface area contributed by atoms with Crippen molar-refractivity contribution < 1.29 is 23.5 Å². The molecule has 2 atom stereocenters. The van der Waals surface area contributed by atoms with E-state index >= 15 is 0 Å². The van der Waals surface area contributed by atoms with Crippen LogP contribution in [0.2, 0.25) is 4.34 Å². The van der Waals surface area contributed by atoms with Gasteiger partial charge in [0.15, 0.2) is 6.61 Å². The van der Waals surface area contributed by atoms with Crippen molar-refractivity contribution in [3.8, 4) is 0 Å². The summed E-state index contributed by atoms with van der Waals surface area (Å²) in [4.78, 5) is 38.3. The molecule has 25 heavy (non-hydrogen) atoms. The molecule has 0 saturated carbocycles. The molecule has 1 fully saturated rings. The van der Waals surface area contributed by atoms with Crippen LogP contribution in [0.1, 0.15) is 27.7 Å². The van der Waals surface area contributed by atoms with Crippen LogP contribution in [0, 0.1) is 0 Å². The topological polar surface area (TPSA) is 76.8 Å². The van der Waals surface area contributed by atoms with Gasteiger partial charge in [0.25, 0.3) is 0 Å². The van der Waals surface area contributed by atoms with Gasteiger partial charge in [0, 0.05) is 12.7 Å². The van der Waals surface area contributed by atoms with Gasteiger partial charge in [0.1, 0.15) is 17.2 Å². The molecule has 2 aromatic heterocycles. The van der Waals surface area contributed by atoms with Gasteiger partial charge in [0.2, 0.25) is 11.7 Å². The number of ether oxygens (including phenoxy) is 1. The Kier molecular flexibility index (Phi) is 5.51. The summed E-state index contributed by atoms with van der Waals surface area (Å²) in [5.41, 5.74) is 0. The molecule has 0 aliphatic carbocycles. The fourth-order valence-corrected chi connectivity index (χ4v) is 4.87. The molecular formula is C16H14ClNO5S2. The van der Waals surface area contributed by atoms with Crippen LogP contribution >= 0.6 is 34.7 Å². The Bertz CT molecular complexity index is 788. The first kappa shape index (κ1) is 18.0. The highest BCUT2D eigenvalue weighted by Gasteiger charge is 2.43. The minimum atomic E-state index is -0.752. The molecule has 6 nitrogen and oxygen atoms in total. The minimum absolute atomic E-state index is 0.260. The number of hydrogen-bond donors (Lipinski definition) is 0. The lowest BCUT2D eigenvalue weighted by molar-refractivity contribution is -0.152. The van der Waals surface area contributed by atoms with Gasteiger partial charge in [0.05, 0.1) is 15.5 Å². The Morgan fingerprint density at radius 2 is 2.16 bits per heavy atom. The van der Waals surface area contributed by atoms with Crippen LogP contribution in [0.4, 0.5) is 0 Å². The number of carbonyl (C=O) groups is 3. The van der Waals surface area contributed by atoms with E-state index < -0.39 is 12.0 Å². The van der Waals surface area contributed by atoms with E-state index in [-0.39, 0.29) is 23.7 Å². The highest BCUT2D eigenvalue weighted by atomic mass is 35.5. The number of thiophene rings is 1. The number of esters is 1. The Labute approximate surface area is 157 Å². The fraction of sp³-hybridized carbons (Fsp3) is 0.312. The summed E-state index contributed by atoms with van der Waals surface area (Å²) in [5.74, 6) is -0.215. The van der Waals surface area contributed by atoms with Crippen molar-refractivity contribution in [2.75, 3.05) is 12.4 Å². The fourth-order valence-electron chi connectivity index (χ4n) is 2.49. The maximum Gasteiger partial charge on any atom is 0.330 e. The summed E-state index contributed by atoms with van der Waals surface area (Å²) >= 11 is 8.34. The first-order valence-electron chi connectivity index (χ1n) is 7.36. The maximum atomic E-state index is 12.4. The average molecular weight is 400 g/mol. The van der Waals surface area contributed by atoms with E-state index in [0.29, 0.717) is 20.7 Å². The third kappa shape index (κ3) is 3.91. The first-order valence-corrected chi connectivity index (χ1v) is 9.61. The third-order valence-corrected chi connectivity index (χ3v) is 6.17. The Hall–Kier alpha value is -1.77. The van der Waals surface area contributed by atoms with Crippen LogP contribution in [0.3, 0.4) is 0 Å². The number of Topliss-reactive ketones (excluding diaryl/α,β-unsaturated/α-hetero) is 1. The lowest BCUT2D eigenvalue weighted by Crippen LogP contribution is -2.43. The Morgan fingerprint density at radius 3 is 2.76 bits per heavy atom. The van der Waals surface area contributed by atoms with Crippen LogP contribution in [0.25, 0.3) is 0 Å². The molecular weight excluding hydrogens is 386 g/mol. The van der Waals surface area contributed by atoms with Crippen LogP contribution in [-0.2, 0) is 14.3 Å². The highest BCUT2D eigenvalue weighted by molar-refractivity contribution is 7.99. The van der Waals surface area contributed by atoms with Gasteiger partial charge in [-0.15, -0.1) is 23.1 Å². The minimum Gasteiger partial charge on any atom is -0.466 e. The van der Waals surface area contributed by atoms with E-state index in [1.165, 1.54) is 29.8 Å². The lowest BCUT2D eigenvalue weighted by atomic mass is 10.2. The second-order valence-corrected chi connectivity index (χ2v) is 8.11. The van der Waals surface area contributed by atoms with Crippen molar-refractivity contribution >= 4 is 52.4 Å². The van der Waals surface area contributed by atoms with Gasteiger partial charge in [-0.25, -0.2) is 4.79 Å². The van der Waals surface area contributed by atoms with Crippen molar-refractivity contribution in [2.45, 2.75) is 18.3 Å². The molecule has 1 aliphatic heterocycles. The molecule has 0 radical (unpaired) electrons. The SMILES string of the molecule is CC(=O)N1[C@H](C(=O)OCC(=O)c2ccc(Cl)s2)CS[C@H]1c1ccco1. The van der Waals surface area contributed by atoms with Crippen LogP contribution < -0.4 is 0 Å². The number of ketones is 1. The molecule has 3 heterocycles. The van der Waals surface area contributed by atoms with Crippen molar-refractivity contribution in [1.29, 1.82) is 0 Å². The van der Waals surface area contributed by atoms with Gasteiger partial charge in [-0.2, -0.15) is 0 Å². The van der Waals surface area contributed by atoms with Crippen LogP contribution in [0.5, 0.6) is 0 Å². The molecule has 2 aromatic rings. The number of furan rings is 1. The van der Waals surface area contributed by atoms with E-state index in [1.807, 2.05) is 0 Å². The average Bonchev–Trinajstić information content (AvgIpc) is 3.30. The summed E-state index contributed by atoms with van der Waals surface area (Å²) < 4.78 is 11.0. The Morgan fingerprint density at radius 1 is 1.36 bits per heavy atom. The Balaban J connectivity index is 1.65. The highest BCUT2D eigenvalue weighted by Crippen LogP contribution is 2.41. The number of nitrogens with zero attached hydrogens (tertiary/aromatic N) is 1. The summed E-state index contributed by atoms with van der Waals surface area (Å²) in [7, 11) is 0. The van der Waals surface area contributed by atoms with Crippen molar-refractivity contribution in [2.24, 2.45) is 0 Å². The molecule has 1 saturated heterocycles. The number of rotatable bonds is 5. The predicted octanol–water partition coefficient (Wildman–Crippen LogP) is 3.38. The smallest absolute Gasteiger partial charge is 0.330 e. The second-order valence-electron chi connectivity index (χ2n) is 5.28. The molecule has 0 N–H and O–H groups in total. The van der Waals surface area contributed by atoms with E-state index in [1.54, 1.807) is 24.3 Å². The first-order chi connectivity index (χ1) is 12.0. The maximum absolute atomic E-state index is 12.4. The molecule has 0 spiro atoms. The van der Waals surface area contributed by atoms with Crippen molar-refractivity contribution in [3.05, 3.63) is 45.5 Å². The largest absolute Gasteiger partial charge is 0.466 e. The molecule has 0 bridgehead atoms. The summed E-state index contributed by atoms with van der Waals surface area (Å²) in [5, 5.41) is -0.378. The van der Waals surface area contributed by atoms with E-state index in [2.05, 4.69) is 0 Å². The summed E-state index contributed by atoms with van der Waals surface area (Å²) in [6.07, 6.45) is 1.52. The monoisotopic (exact) mass is 399 g/mol. The molecule has 132 valence electrons. The number of thioether (sulfide) groups is 1. The third-order valence-electron chi connectivity index (χ3n) is 3.62. The number of halogens is 1. The van der Waals surface area contributed by atoms with Gasteiger partial charge in [-0.1, -0.05) is 11.6 Å². The van der Waals surface area contributed by atoms with Crippen LogP contribution in [-0.4, -0.2) is 41.0 Å². The zero-order valence-corrected chi connectivity index (χ0v) is 15.5. The normalized spacial score (nSPS) is 19.8. The summed E-state index contributed by atoms with van der Waals surface area (Å²) in [6, 6.07) is 5.93. The molecule has 3 rings (SSSR count). The number of carbonyl (C=O) groups excluding carboxylic acids is 3. The molecule has 1 amide bonds. The molecule has 9 heteroatoms. The van der Waals surface area contributed by atoms with Crippen molar-refractivity contribution in [1.82, 2.24) is 4.90 Å². The summed E-state index contributed by atoms with van der Waals surface area (Å²) in [6.45, 7) is 1.01. The van der Waals surface area contributed by atoms with Gasteiger partial charge < -0.3 is 14.1 Å². The van der Waals surface area contributed by atoms with Gasteiger partial charge in [-0.05, 0) is 24.3 Å². The predicted molar refractivity (Wildman–Crippen MR) is 94.8 cm³/mol. The quantitative estimate of drug-likeness (QED) is 0.566. The number of hydrogen-bond acceptors (Lipinski definition) is 7. The second kappa shape index (κ2) is 7.63. The zero-order valence-electron chi connectivity index (χ0n) is 13.1. The van der Waals surface area contributed by atoms with Gasteiger partial charge in [-0.3, -0.25) is 9.59 Å². The van der Waals surface area contributed by atoms with E-state index in [9.17, 15) is 14.4 Å². The zero-order chi connectivity index (χ0) is 18.0. The molecule has 0 aromatic carbocycles. The molecule has 0 unspecified atom stereocenters. The molecule has 1 aliphatic rings.